The van der Waals surface area contributed by atoms with Gasteiger partial charge in [0.05, 0.1) is 0 Å². The topological polar surface area (TPSA) is 89.4 Å². The van der Waals surface area contributed by atoms with Gasteiger partial charge >= 0.3 is 6.09 Å². The molecule has 126 valence electrons. The number of alkyl carbamates (subject to hydrolysis) is 1. The van der Waals surface area contributed by atoms with Gasteiger partial charge in [-0.05, 0) is 43.3 Å². The Morgan fingerprint density at radius 1 is 1.04 bits per heavy atom. The largest absolute Gasteiger partial charge is 0.457 e. The van der Waals surface area contributed by atoms with Crippen LogP contribution in [0, 0.1) is 0 Å². The zero-order valence-corrected chi connectivity index (χ0v) is 13.3. The number of carbonyl (C=O) groups excluding carboxylic acids is 1. The van der Waals surface area contributed by atoms with Crippen molar-refractivity contribution in [2.75, 3.05) is 7.05 Å². The van der Waals surface area contributed by atoms with Gasteiger partial charge in [0, 0.05) is 7.05 Å². The van der Waals surface area contributed by atoms with E-state index < -0.39 is 12.4 Å². The number of hydrogen-bond acceptors (Lipinski definition) is 6. The van der Waals surface area contributed by atoms with Gasteiger partial charge in [-0.25, -0.2) is 4.79 Å². The highest BCUT2D eigenvalue weighted by Gasteiger charge is 2.19. The van der Waals surface area contributed by atoms with Crippen LogP contribution in [0.1, 0.15) is 6.92 Å². The third-order valence-electron chi connectivity index (χ3n) is 2.96. The number of rotatable bonds is 6. The summed E-state index contributed by atoms with van der Waals surface area (Å²) in [7, 11) is 1.42. The van der Waals surface area contributed by atoms with Crippen molar-refractivity contribution >= 4 is 11.8 Å². The molecule has 0 aromatic heterocycles. The first-order valence-electron chi connectivity index (χ1n) is 7.19. The molecule has 24 heavy (non-hydrogen) atoms. The first-order chi connectivity index (χ1) is 11.6. The van der Waals surface area contributed by atoms with Crippen LogP contribution in [-0.4, -0.2) is 30.3 Å². The number of hydrogen-bond donors (Lipinski definition) is 2. The smallest absolute Gasteiger partial charge is 0.410 e. The van der Waals surface area contributed by atoms with E-state index in [1.165, 1.54) is 14.0 Å². The molecule has 1 unspecified atom stereocenters. The number of amides is 1. The molecule has 0 bridgehead atoms. The van der Waals surface area contributed by atoms with E-state index >= 15 is 0 Å². The van der Waals surface area contributed by atoms with Crippen LogP contribution < -0.4 is 14.8 Å². The Bertz CT molecular complexity index is 686. The van der Waals surface area contributed by atoms with Crippen molar-refractivity contribution in [2.45, 2.75) is 13.2 Å². The van der Waals surface area contributed by atoms with Crippen LogP contribution in [-0.2, 0) is 4.74 Å². The molecule has 0 aliphatic carbocycles. The summed E-state index contributed by atoms with van der Waals surface area (Å²) in [5.41, 5.74) is 0.100. The second kappa shape index (κ2) is 8.42. The monoisotopic (exact) mass is 330 g/mol. The molecule has 0 aliphatic heterocycles. The molecule has 0 heterocycles. The van der Waals surface area contributed by atoms with Crippen LogP contribution in [0.25, 0.3) is 0 Å². The average Bonchev–Trinajstić information content (AvgIpc) is 2.62. The Balaban J connectivity index is 2.04. The van der Waals surface area contributed by atoms with Gasteiger partial charge in [-0.1, -0.05) is 23.4 Å². The van der Waals surface area contributed by atoms with Gasteiger partial charge < -0.3 is 24.7 Å². The number of carbonyl (C=O) groups is 1. The quantitative estimate of drug-likeness (QED) is 0.367. The Hall–Kier alpha value is -3.22. The number of para-hydroxylation sites is 1. The Morgan fingerprint density at radius 2 is 1.62 bits per heavy atom. The molecule has 2 aromatic rings. The maximum absolute atomic E-state index is 11.3. The van der Waals surface area contributed by atoms with E-state index in [2.05, 4.69) is 10.5 Å². The average molecular weight is 330 g/mol. The van der Waals surface area contributed by atoms with Crippen molar-refractivity contribution in [2.24, 2.45) is 5.16 Å². The minimum atomic E-state index is -1.14. The van der Waals surface area contributed by atoms with E-state index in [9.17, 15) is 4.79 Å². The summed E-state index contributed by atoms with van der Waals surface area (Å²) < 4.78 is 16.2. The molecule has 1 atom stereocenters. The van der Waals surface area contributed by atoms with Gasteiger partial charge in [-0.2, -0.15) is 0 Å². The lowest BCUT2D eigenvalue weighted by Crippen LogP contribution is -2.34. The third kappa shape index (κ3) is 4.91. The Kier molecular flexibility index (Phi) is 6.01. The second-order valence-corrected chi connectivity index (χ2v) is 4.73. The number of nitrogens with zero attached hydrogens (tertiary/aromatic N) is 1. The van der Waals surface area contributed by atoms with Crippen molar-refractivity contribution in [1.29, 1.82) is 0 Å². The first-order valence-corrected chi connectivity index (χ1v) is 7.19. The molecular formula is C17H18N2O5. The van der Waals surface area contributed by atoms with Crippen LogP contribution in [0.3, 0.4) is 0 Å². The molecule has 2 N–H and O–H groups in total. The molecule has 0 spiro atoms. The van der Waals surface area contributed by atoms with Crippen LogP contribution in [0.4, 0.5) is 4.79 Å². The molecule has 2 rings (SSSR count). The molecule has 0 aliphatic rings. The van der Waals surface area contributed by atoms with Crippen molar-refractivity contribution in [3.63, 3.8) is 0 Å². The number of ether oxygens (including phenoxy) is 3. The van der Waals surface area contributed by atoms with Crippen molar-refractivity contribution in [1.82, 2.24) is 5.32 Å². The third-order valence-corrected chi connectivity index (χ3v) is 2.96. The molecule has 1 amide bonds. The molecule has 7 heteroatoms. The predicted octanol–water partition coefficient (Wildman–Crippen LogP) is 3.39. The molecule has 2 aromatic carbocycles. The van der Waals surface area contributed by atoms with Crippen molar-refractivity contribution in [3.05, 3.63) is 54.6 Å². The van der Waals surface area contributed by atoms with E-state index in [-0.39, 0.29) is 5.71 Å². The van der Waals surface area contributed by atoms with Gasteiger partial charge in [0.2, 0.25) is 0 Å². The fraction of sp³-hybridized carbons (Fsp3) is 0.176. The van der Waals surface area contributed by atoms with Crippen LogP contribution in [0.15, 0.2) is 59.8 Å². The molecule has 0 saturated heterocycles. The lowest BCUT2D eigenvalue weighted by molar-refractivity contribution is 0.0150. The van der Waals surface area contributed by atoms with Crippen LogP contribution >= 0.6 is 0 Å². The number of benzene rings is 2. The van der Waals surface area contributed by atoms with Gasteiger partial charge in [0.25, 0.3) is 6.29 Å². The normalized spacial score (nSPS) is 12.2. The SMILES string of the molecule is CNC(=O)OC(Oc1ccc(Oc2ccccc2)cc1)/C(C)=N/O. The minimum absolute atomic E-state index is 0.100. The standard InChI is InChI=1S/C17H18N2O5/c1-12(19-21)16(24-17(20)18-2)23-15-10-8-14(9-11-15)22-13-6-4-3-5-7-13/h3-11,16,21H,1-2H3,(H,18,20)/b19-12+. The van der Waals surface area contributed by atoms with Crippen LogP contribution in [0.5, 0.6) is 17.2 Å². The highest BCUT2D eigenvalue weighted by Crippen LogP contribution is 2.24. The fourth-order valence-electron chi connectivity index (χ4n) is 1.73. The van der Waals surface area contributed by atoms with Gasteiger partial charge in [-0.15, -0.1) is 0 Å². The fourth-order valence-corrected chi connectivity index (χ4v) is 1.73. The summed E-state index contributed by atoms with van der Waals surface area (Å²) in [6.07, 6.45) is -1.84. The van der Waals surface area contributed by atoms with E-state index in [1.54, 1.807) is 24.3 Å². The lowest BCUT2D eigenvalue weighted by atomic mass is 10.3. The molecule has 0 saturated carbocycles. The maximum atomic E-state index is 11.3. The van der Waals surface area contributed by atoms with E-state index in [0.717, 1.165) is 5.75 Å². The van der Waals surface area contributed by atoms with E-state index in [4.69, 9.17) is 19.4 Å². The number of oxime groups is 1. The Morgan fingerprint density at radius 3 is 2.21 bits per heavy atom. The zero-order chi connectivity index (χ0) is 17.4. The highest BCUT2D eigenvalue weighted by atomic mass is 16.7. The summed E-state index contributed by atoms with van der Waals surface area (Å²) in [5, 5.41) is 14.2. The molecule has 0 fully saturated rings. The number of nitrogens with one attached hydrogen (secondary N) is 1. The highest BCUT2D eigenvalue weighted by molar-refractivity contribution is 5.86. The lowest BCUT2D eigenvalue weighted by Gasteiger charge is -2.18. The first kappa shape index (κ1) is 17.1. The summed E-state index contributed by atoms with van der Waals surface area (Å²) in [5.74, 6) is 1.77. The summed E-state index contributed by atoms with van der Waals surface area (Å²) >= 11 is 0. The van der Waals surface area contributed by atoms with Gasteiger partial charge in [0.1, 0.15) is 23.0 Å². The van der Waals surface area contributed by atoms with Crippen LogP contribution in [0.2, 0.25) is 0 Å². The molecule has 0 radical (unpaired) electrons. The van der Waals surface area contributed by atoms with E-state index in [1.807, 2.05) is 30.3 Å². The van der Waals surface area contributed by atoms with Crippen molar-refractivity contribution < 1.29 is 24.2 Å². The minimum Gasteiger partial charge on any atom is -0.457 e. The van der Waals surface area contributed by atoms with Crippen molar-refractivity contribution in [3.8, 4) is 17.2 Å². The van der Waals surface area contributed by atoms with E-state index in [0.29, 0.717) is 11.5 Å². The summed E-state index contributed by atoms with van der Waals surface area (Å²) in [6, 6.07) is 16.1. The maximum Gasteiger partial charge on any atom is 0.410 e. The van der Waals surface area contributed by atoms with Gasteiger partial charge in [0.15, 0.2) is 0 Å². The zero-order valence-electron chi connectivity index (χ0n) is 13.3. The summed E-state index contributed by atoms with van der Waals surface area (Å²) in [6.45, 7) is 1.47. The Labute approximate surface area is 139 Å². The second-order valence-electron chi connectivity index (χ2n) is 4.73. The molecule has 7 nitrogen and oxygen atoms in total. The summed E-state index contributed by atoms with van der Waals surface area (Å²) in [4.78, 5) is 11.3. The molecular weight excluding hydrogens is 312 g/mol. The predicted molar refractivity (Wildman–Crippen MR) is 87.8 cm³/mol. The van der Waals surface area contributed by atoms with Gasteiger partial charge in [-0.3, -0.25) is 0 Å².